The van der Waals surface area contributed by atoms with Crippen molar-refractivity contribution in [1.29, 1.82) is 0 Å². The van der Waals surface area contributed by atoms with Gasteiger partial charge in [-0.15, -0.1) is 0 Å². The van der Waals surface area contributed by atoms with E-state index >= 15 is 0 Å². The summed E-state index contributed by atoms with van der Waals surface area (Å²) < 4.78 is 5.49. The van der Waals surface area contributed by atoms with Crippen molar-refractivity contribution in [3.8, 4) is 0 Å². The van der Waals surface area contributed by atoms with Crippen molar-refractivity contribution in [2.45, 2.75) is 32.8 Å². The summed E-state index contributed by atoms with van der Waals surface area (Å²) in [6, 6.07) is 0. The molecule has 2 N–H and O–H groups in total. The van der Waals surface area contributed by atoms with Crippen LogP contribution in [0.3, 0.4) is 0 Å². The van der Waals surface area contributed by atoms with Gasteiger partial charge in [-0.3, -0.25) is 9.79 Å². The second-order valence-corrected chi connectivity index (χ2v) is 5.74. The first-order valence-electron chi connectivity index (χ1n) is 7.54. The Morgan fingerprint density at radius 3 is 3.00 bits per heavy atom. The van der Waals surface area contributed by atoms with E-state index in [1.54, 1.807) is 0 Å². The average Bonchev–Trinajstić information content (AvgIpc) is 2.77. The summed E-state index contributed by atoms with van der Waals surface area (Å²) in [6.07, 6.45) is 1.82. The fourth-order valence-corrected chi connectivity index (χ4v) is 2.81. The van der Waals surface area contributed by atoms with Crippen molar-refractivity contribution in [2.24, 2.45) is 16.6 Å². The van der Waals surface area contributed by atoms with Gasteiger partial charge in [0.15, 0.2) is 5.96 Å². The average molecular weight is 282 g/mol. The number of nitrogens with zero attached hydrogens (tertiary/aromatic N) is 3. The van der Waals surface area contributed by atoms with Gasteiger partial charge < -0.3 is 20.3 Å². The molecule has 0 aromatic heterocycles. The molecule has 6 heteroatoms. The smallest absolute Gasteiger partial charge is 0.222 e. The molecule has 1 amide bonds. The number of hydrogen-bond donors (Lipinski definition) is 1. The molecule has 2 aliphatic heterocycles. The molecule has 2 atom stereocenters. The molecule has 0 aromatic carbocycles. The normalized spacial score (nSPS) is 28.3. The maximum Gasteiger partial charge on any atom is 0.222 e. The van der Waals surface area contributed by atoms with Gasteiger partial charge in [0.25, 0.3) is 0 Å². The zero-order valence-corrected chi connectivity index (χ0v) is 12.5. The maximum atomic E-state index is 11.8. The van der Waals surface area contributed by atoms with Crippen molar-refractivity contribution in [1.82, 2.24) is 9.80 Å². The molecule has 2 aliphatic rings. The molecule has 0 aromatic rings. The molecule has 6 nitrogen and oxygen atoms in total. The zero-order chi connectivity index (χ0) is 14.5. The van der Waals surface area contributed by atoms with E-state index in [2.05, 4.69) is 16.8 Å². The molecule has 0 spiro atoms. The highest BCUT2D eigenvalue weighted by Crippen LogP contribution is 2.18. The topological polar surface area (TPSA) is 71.2 Å². The molecule has 0 bridgehead atoms. The lowest BCUT2D eigenvalue weighted by molar-refractivity contribution is -0.127. The second-order valence-electron chi connectivity index (χ2n) is 5.74. The predicted molar refractivity (Wildman–Crippen MR) is 78.5 cm³/mol. The minimum absolute atomic E-state index is 0.200. The van der Waals surface area contributed by atoms with Gasteiger partial charge in [0, 0.05) is 45.1 Å². The van der Waals surface area contributed by atoms with Crippen LogP contribution >= 0.6 is 0 Å². The lowest BCUT2D eigenvalue weighted by Crippen LogP contribution is -2.48. The monoisotopic (exact) mass is 282 g/mol. The van der Waals surface area contributed by atoms with E-state index in [0.29, 0.717) is 31.4 Å². The lowest BCUT2D eigenvalue weighted by Gasteiger charge is -2.32. The van der Waals surface area contributed by atoms with E-state index in [1.807, 2.05) is 11.8 Å². The van der Waals surface area contributed by atoms with Crippen molar-refractivity contribution in [3.63, 3.8) is 0 Å². The number of amides is 1. The standard InChI is InChI=1S/C14H26N4O2/c1-3-4-17-10-12(7-13(17)19)8-16-14(15)18-5-6-20-11(2)9-18/h11-12H,3-10H2,1-2H3,(H2,15,16). The minimum Gasteiger partial charge on any atom is -0.375 e. The lowest BCUT2D eigenvalue weighted by atomic mass is 10.1. The Labute approximate surface area is 121 Å². The molecule has 20 heavy (non-hydrogen) atoms. The molecular weight excluding hydrogens is 256 g/mol. The van der Waals surface area contributed by atoms with Gasteiger partial charge in [-0.2, -0.15) is 0 Å². The van der Waals surface area contributed by atoms with E-state index in [9.17, 15) is 4.79 Å². The number of hydrogen-bond acceptors (Lipinski definition) is 3. The van der Waals surface area contributed by atoms with Crippen LogP contribution in [0.25, 0.3) is 0 Å². The Bertz CT molecular complexity index is 372. The number of ether oxygens (including phenoxy) is 1. The fourth-order valence-electron chi connectivity index (χ4n) is 2.81. The van der Waals surface area contributed by atoms with E-state index in [-0.39, 0.29) is 12.0 Å². The third kappa shape index (κ3) is 3.85. The molecule has 0 saturated carbocycles. The predicted octanol–water partition coefficient (Wildman–Crippen LogP) is 0.280. The molecule has 0 radical (unpaired) electrons. The van der Waals surface area contributed by atoms with Crippen LogP contribution < -0.4 is 5.73 Å². The Hall–Kier alpha value is -1.30. The van der Waals surface area contributed by atoms with Crippen LogP contribution in [-0.2, 0) is 9.53 Å². The van der Waals surface area contributed by atoms with Crippen LogP contribution in [0.4, 0.5) is 0 Å². The van der Waals surface area contributed by atoms with Crippen LogP contribution in [0.5, 0.6) is 0 Å². The fraction of sp³-hybridized carbons (Fsp3) is 0.857. The third-order valence-corrected chi connectivity index (χ3v) is 3.86. The number of carbonyl (C=O) groups is 1. The summed E-state index contributed by atoms with van der Waals surface area (Å²) in [5.41, 5.74) is 6.04. The van der Waals surface area contributed by atoms with Crippen LogP contribution in [0.15, 0.2) is 4.99 Å². The van der Waals surface area contributed by atoms with Gasteiger partial charge in [-0.05, 0) is 13.3 Å². The van der Waals surface area contributed by atoms with Crippen LogP contribution in [0, 0.1) is 5.92 Å². The van der Waals surface area contributed by atoms with Gasteiger partial charge in [0.05, 0.1) is 12.7 Å². The number of morpholine rings is 1. The largest absolute Gasteiger partial charge is 0.375 e. The molecule has 114 valence electrons. The molecule has 2 heterocycles. The summed E-state index contributed by atoms with van der Waals surface area (Å²) in [5, 5.41) is 0. The maximum absolute atomic E-state index is 11.8. The molecule has 2 fully saturated rings. The van der Waals surface area contributed by atoms with Crippen LogP contribution in [0.1, 0.15) is 26.7 Å². The Kier molecular flexibility index (Phi) is 5.23. The summed E-state index contributed by atoms with van der Waals surface area (Å²) >= 11 is 0. The number of guanidine groups is 1. The van der Waals surface area contributed by atoms with E-state index in [4.69, 9.17) is 10.5 Å². The summed E-state index contributed by atoms with van der Waals surface area (Å²) in [6.45, 7) is 8.74. The van der Waals surface area contributed by atoms with Gasteiger partial charge in [-0.1, -0.05) is 6.92 Å². The number of aliphatic imine (C=N–C) groups is 1. The van der Waals surface area contributed by atoms with Gasteiger partial charge >= 0.3 is 0 Å². The first-order valence-corrected chi connectivity index (χ1v) is 7.54. The quantitative estimate of drug-likeness (QED) is 0.594. The first-order chi connectivity index (χ1) is 9.60. The second kappa shape index (κ2) is 6.92. The summed E-state index contributed by atoms with van der Waals surface area (Å²) in [4.78, 5) is 20.3. The highest BCUT2D eigenvalue weighted by molar-refractivity contribution is 5.79. The Morgan fingerprint density at radius 2 is 2.30 bits per heavy atom. The van der Waals surface area contributed by atoms with Crippen LogP contribution in [-0.4, -0.2) is 67.1 Å². The Morgan fingerprint density at radius 1 is 1.50 bits per heavy atom. The van der Waals surface area contributed by atoms with Crippen molar-refractivity contribution < 1.29 is 9.53 Å². The Balaban J connectivity index is 1.82. The summed E-state index contributed by atoms with van der Waals surface area (Å²) in [7, 11) is 0. The molecule has 2 saturated heterocycles. The van der Waals surface area contributed by atoms with Crippen LogP contribution in [0.2, 0.25) is 0 Å². The molecule has 0 aliphatic carbocycles. The van der Waals surface area contributed by atoms with E-state index < -0.39 is 0 Å². The van der Waals surface area contributed by atoms with Gasteiger partial charge in [-0.25, -0.2) is 0 Å². The molecular formula is C14H26N4O2. The van der Waals surface area contributed by atoms with Gasteiger partial charge in [0.1, 0.15) is 0 Å². The highest BCUT2D eigenvalue weighted by Gasteiger charge is 2.28. The van der Waals surface area contributed by atoms with E-state index in [1.165, 1.54) is 0 Å². The van der Waals surface area contributed by atoms with E-state index in [0.717, 1.165) is 32.6 Å². The SMILES string of the molecule is CCCN1CC(CN=C(N)N2CCOC(C)C2)CC1=O. The minimum atomic E-state index is 0.200. The number of likely N-dealkylation sites (tertiary alicyclic amines) is 1. The van der Waals surface area contributed by atoms with Crippen molar-refractivity contribution >= 4 is 11.9 Å². The summed E-state index contributed by atoms with van der Waals surface area (Å²) in [5.74, 6) is 1.15. The first kappa shape index (κ1) is 15.1. The number of carbonyl (C=O) groups excluding carboxylic acids is 1. The molecule has 2 unspecified atom stereocenters. The molecule has 2 rings (SSSR count). The third-order valence-electron chi connectivity index (χ3n) is 3.86. The van der Waals surface area contributed by atoms with Gasteiger partial charge in [0.2, 0.25) is 5.91 Å². The highest BCUT2D eigenvalue weighted by atomic mass is 16.5. The number of rotatable bonds is 4. The van der Waals surface area contributed by atoms with Crippen molar-refractivity contribution in [2.75, 3.05) is 39.3 Å². The van der Waals surface area contributed by atoms with Crippen molar-refractivity contribution in [3.05, 3.63) is 0 Å². The number of nitrogens with two attached hydrogens (primary N) is 1. The zero-order valence-electron chi connectivity index (χ0n) is 12.5.